The number of phenolic OH excluding ortho intramolecular Hbond substituents is 2. The highest BCUT2D eigenvalue weighted by Crippen LogP contribution is 2.28. The van der Waals surface area contributed by atoms with Crippen LogP contribution in [0.5, 0.6) is 11.5 Å². The van der Waals surface area contributed by atoms with Crippen LogP contribution in [0.2, 0.25) is 0 Å². The fourth-order valence-electron chi connectivity index (χ4n) is 1.58. The van der Waals surface area contributed by atoms with Crippen molar-refractivity contribution in [2.24, 2.45) is 0 Å². The molecular weight excluding hydrogens is 228 g/mol. The van der Waals surface area contributed by atoms with Crippen molar-refractivity contribution < 1.29 is 10.2 Å². The summed E-state index contributed by atoms with van der Waals surface area (Å²) in [6.45, 7) is 0.395. The highest BCUT2D eigenvalue weighted by Gasteiger charge is 2.05. The Labute approximate surface area is 105 Å². The van der Waals surface area contributed by atoms with Gasteiger partial charge in [-0.25, -0.2) is 0 Å². The molecule has 4 nitrogen and oxygen atoms in total. The molecule has 0 radical (unpaired) electrons. The number of anilines is 1. The van der Waals surface area contributed by atoms with Gasteiger partial charge in [-0.2, -0.15) is 5.26 Å². The monoisotopic (exact) mass is 240 g/mol. The molecule has 4 heteroatoms. The molecule has 2 aromatic carbocycles. The molecule has 0 bridgehead atoms. The predicted molar refractivity (Wildman–Crippen MR) is 68.3 cm³/mol. The summed E-state index contributed by atoms with van der Waals surface area (Å²) in [4.78, 5) is 0. The minimum atomic E-state index is -0.130. The van der Waals surface area contributed by atoms with E-state index in [1.165, 1.54) is 6.07 Å². The van der Waals surface area contributed by atoms with E-state index in [2.05, 4.69) is 5.32 Å². The lowest BCUT2D eigenvalue weighted by atomic mass is 10.1. The molecule has 0 atom stereocenters. The maximum Gasteiger partial charge on any atom is 0.162 e. The van der Waals surface area contributed by atoms with Gasteiger partial charge in [-0.1, -0.05) is 12.1 Å². The highest BCUT2D eigenvalue weighted by atomic mass is 16.3. The van der Waals surface area contributed by atoms with E-state index < -0.39 is 0 Å². The molecule has 18 heavy (non-hydrogen) atoms. The van der Waals surface area contributed by atoms with Crippen molar-refractivity contribution in [3.63, 3.8) is 0 Å². The van der Waals surface area contributed by atoms with Gasteiger partial charge in [0.2, 0.25) is 0 Å². The van der Waals surface area contributed by atoms with Crippen LogP contribution in [-0.4, -0.2) is 10.2 Å². The van der Waals surface area contributed by atoms with E-state index in [9.17, 15) is 10.2 Å². The van der Waals surface area contributed by atoms with E-state index in [0.29, 0.717) is 17.7 Å². The van der Waals surface area contributed by atoms with Crippen LogP contribution in [0, 0.1) is 11.3 Å². The van der Waals surface area contributed by atoms with E-state index in [0.717, 1.165) is 5.69 Å². The van der Waals surface area contributed by atoms with Gasteiger partial charge >= 0.3 is 0 Å². The van der Waals surface area contributed by atoms with Gasteiger partial charge in [0.05, 0.1) is 11.6 Å². The Balaban J connectivity index is 2.07. The van der Waals surface area contributed by atoms with Gasteiger partial charge in [-0.15, -0.1) is 0 Å². The highest BCUT2D eigenvalue weighted by molar-refractivity contribution is 5.50. The van der Waals surface area contributed by atoms with Crippen molar-refractivity contribution in [2.75, 3.05) is 5.32 Å². The Hall–Kier alpha value is -2.67. The van der Waals surface area contributed by atoms with Crippen LogP contribution >= 0.6 is 0 Å². The van der Waals surface area contributed by atoms with E-state index in [4.69, 9.17) is 5.26 Å². The third-order valence-electron chi connectivity index (χ3n) is 2.60. The van der Waals surface area contributed by atoms with Crippen LogP contribution in [0.4, 0.5) is 5.69 Å². The first-order chi connectivity index (χ1) is 8.70. The Morgan fingerprint density at radius 3 is 2.44 bits per heavy atom. The molecule has 0 saturated carbocycles. The van der Waals surface area contributed by atoms with Gasteiger partial charge < -0.3 is 15.5 Å². The quantitative estimate of drug-likeness (QED) is 0.721. The zero-order valence-corrected chi connectivity index (χ0v) is 9.59. The Morgan fingerprint density at radius 1 is 1.06 bits per heavy atom. The van der Waals surface area contributed by atoms with Crippen molar-refractivity contribution in [3.8, 4) is 17.6 Å². The summed E-state index contributed by atoms with van der Waals surface area (Å²) < 4.78 is 0. The molecule has 0 aliphatic rings. The SMILES string of the molecule is N#Cc1ccc(NCc2cccc(O)c2O)cc1. The van der Waals surface area contributed by atoms with Crippen LogP contribution < -0.4 is 5.32 Å². The zero-order chi connectivity index (χ0) is 13.0. The van der Waals surface area contributed by atoms with E-state index in [1.54, 1.807) is 36.4 Å². The number of hydrogen-bond acceptors (Lipinski definition) is 4. The second-order valence-corrected chi connectivity index (χ2v) is 3.83. The van der Waals surface area contributed by atoms with Crippen molar-refractivity contribution in [1.82, 2.24) is 0 Å². The molecule has 0 saturated heterocycles. The number of para-hydroxylation sites is 1. The van der Waals surface area contributed by atoms with Crippen molar-refractivity contribution in [2.45, 2.75) is 6.54 Å². The van der Waals surface area contributed by atoms with Crippen LogP contribution in [0.1, 0.15) is 11.1 Å². The van der Waals surface area contributed by atoms with Gasteiger partial charge in [0, 0.05) is 17.8 Å². The van der Waals surface area contributed by atoms with Gasteiger partial charge in [-0.05, 0) is 30.3 Å². The maximum absolute atomic E-state index is 9.62. The summed E-state index contributed by atoms with van der Waals surface area (Å²) >= 11 is 0. The minimum absolute atomic E-state index is 0.112. The summed E-state index contributed by atoms with van der Waals surface area (Å²) in [6.07, 6.45) is 0. The molecule has 3 N–H and O–H groups in total. The fourth-order valence-corrected chi connectivity index (χ4v) is 1.58. The topological polar surface area (TPSA) is 76.3 Å². The van der Waals surface area contributed by atoms with Crippen LogP contribution in [0.15, 0.2) is 42.5 Å². The molecule has 2 aromatic rings. The average molecular weight is 240 g/mol. The zero-order valence-electron chi connectivity index (χ0n) is 9.59. The normalized spacial score (nSPS) is 9.72. The number of phenols is 2. The predicted octanol–water partition coefficient (Wildman–Crippen LogP) is 2.58. The lowest BCUT2D eigenvalue weighted by Gasteiger charge is -2.08. The van der Waals surface area contributed by atoms with Gasteiger partial charge in [0.25, 0.3) is 0 Å². The van der Waals surface area contributed by atoms with Crippen LogP contribution in [0.3, 0.4) is 0 Å². The largest absolute Gasteiger partial charge is 0.504 e. The number of nitrogens with zero attached hydrogens (tertiary/aromatic N) is 1. The van der Waals surface area contributed by atoms with Crippen LogP contribution in [-0.2, 0) is 6.54 Å². The molecule has 90 valence electrons. The molecule has 0 aromatic heterocycles. The lowest BCUT2D eigenvalue weighted by Crippen LogP contribution is -1.99. The summed E-state index contributed by atoms with van der Waals surface area (Å²) in [6, 6.07) is 13.9. The van der Waals surface area contributed by atoms with E-state index in [-0.39, 0.29) is 11.5 Å². The Kier molecular flexibility index (Phi) is 3.35. The first-order valence-corrected chi connectivity index (χ1v) is 5.44. The van der Waals surface area contributed by atoms with Crippen molar-refractivity contribution in [3.05, 3.63) is 53.6 Å². The minimum Gasteiger partial charge on any atom is -0.504 e. The smallest absolute Gasteiger partial charge is 0.162 e. The van der Waals surface area contributed by atoms with Gasteiger partial charge in [-0.3, -0.25) is 0 Å². The van der Waals surface area contributed by atoms with Gasteiger partial charge in [0.15, 0.2) is 11.5 Å². The second kappa shape index (κ2) is 5.11. The molecule has 0 aliphatic carbocycles. The first kappa shape index (κ1) is 11.8. The standard InChI is InChI=1S/C14H12N2O2/c15-8-10-4-6-12(7-5-10)16-9-11-2-1-3-13(17)14(11)18/h1-7,16-18H,9H2. The van der Waals surface area contributed by atoms with Gasteiger partial charge in [0.1, 0.15) is 0 Å². The fraction of sp³-hybridized carbons (Fsp3) is 0.0714. The summed E-state index contributed by atoms with van der Waals surface area (Å²) in [5.41, 5.74) is 2.05. The molecule has 0 unspecified atom stereocenters. The molecule has 0 heterocycles. The first-order valence-electron chi connectivity index (χ1n) is 5.44. The average Bonchev–Trinajstić information content (AvgIpc) is 2.41. The number of nitriles is 1. The summed E-state index contributed by atoms with van der Waals surface area (Å²) in [5, 5.41) is 30.7. The van der Waals surface area contributed by atoms with Crippen molar-refractivity contribution >= 4 is 5.69 Å². The number of hydrogen-bond donors (Lipinski definition) is 3. The molecule has 0 fully saturated rings. The number of nitrogens with one attached hydrogen (secondary N) is 1. The molecular formula is C14H12N2O2. The second-order valence-electron chi connectivity index (χ2n) is 3.83. The summed E-state index contributed by atoms with van der Waals surface area (Å²) in [7, 11) is 0. The third-order valence-corrected chi connectivity index (χ3v) is 2.60. The van der Waals surface area contributed by atoms with Crippen molar-refractivity contribution in [1.29, 1.82) is 5.26 Å². The number of aromatic hydroxyl groups is 2. The molecule has 0 aliphatic heterocycles. The molecule has 2 rings (SSSR count). The summed E-state index contributed by atoms with van der Waals surface area (Å²) in [5.74, 6) is -0.243. The van der Waals surface area contributed by atoms with E-state index >= 15 is 0 Å². The lowest BCUT2D eigenvalue weighted by molar-refractivity contribution is 0.400. The molecule has 0 amide bonds. The van der Waals surface area contributed by atoms with Crippen LogP contribution in [0.25, 0.3) is 0 Å². The van der Waals surface area contributed by atoms with E-state index in [1.807, 2.05) is 6.07 Å². The third kappa shape index (κ3) is 2.53. The maximum atomic E-state index is 9.62. The Morgan fingerprint density at radius 2 is 1.78 bits per heavy atom. The number of rotatable bonds is 3. The molecule has 0 spiro atoms. The Bertz CT molecular complexity index is 586. The number of benzene rings is 2.